The Morgan fingerprint density at radius 3 is 2.45 bits per heavy atom. The summed E-state index contributed by atoms with van der Waals surface area (Å²) < 4.78 is 15.5. The summed E-state index contributed by atoms with van der Waals surface area (Å²) in [5, 5.41) is 0. The molecule has 0 saturated heterocycles. The van der Waals surface area contributed by atoms with Gasteiger partial charge in [0.1, 0.15) is 12.4 Å². The first-order valence-corrected chi connectivity index (χ1v) is 10.8. The zero-order chi connectivity index (χ0) is 17.2. The molecule has 0 heterocycles. The fourth-order valence-electron chi connectivity index (χ4n) is 1.35. The summed E-state index contributed by atoms with van der Waals surface area (Å²) in [7, 11) is 1.28. The van der Waals surface area contributed by atoms with Gasteiger partial charge in [0.05, 0.1) is 28.8 Å². The number of hydrogen-bond acceptors (Lipinski definition) is 5. The summed E-state index contributed by atoms with van der Waals surface area (Å²) in [6.07, 6.45) is 0.269. The van der Waals surface area contributed by atoms with E-state index >= 15 is 0 Å². The molecule has 0 aliphatic rings. The zero-order valence-corrected chi connectivity index (χ0v) is 17.0. The maximum Gasteiger partial charge on any atom is 0.310 e. The third-order valence-electron chi connectivity index (χ3n) is 2.03. The minimum Gasteiger partial charge on any atom is -0.491 e. The second-order valence-electron chi connectivity index (χ2n) is 3.36. The largest absolute Gasteiger partial charge is 0.491 e. The molecule has 0 atom stereocenters. The number of carbonyl (C=O) groups excluding carboxylic acids is 1. The van der Waals surface area contributed by atoms with E-state index in [1.807, 2.05) is 52.0 Å². The van der Waals surface area contributed by atoms with E-state index < -0.39 is 0 Å². The second-order valence-corrected chi connectivity index (χ2v) is 4.80. The Kier molecular flexibility index (Phi) is 20.1. The van der Waals surface area contributed by atoms with Crippen LogP contribution in [0.4, 0.5) is 0 Å². The summed E-state index contributed by atoms with van der Waals surface area (Å²) in [5.41, 5.74) is 0.884. The van der Waals surface area contributed by atoms with Gasteiger partial charge in [-0.15, -0.1) is 0 Å². The Balaban J connectivity index is 0. The lowest BCUT2D eigenvalue weighted by Crippen LogP contribution is -2.08. The number of rotatable bonds is 8. The Labute approximate surface area is 151 Å². The summed E-state index contributed by atoms with van der Waals surface area (Å²) in [5.74, 6) is 0.512. The van der Waals surface area contributed by atoms with Crippen molar-refractivity contribution in [2.24, 2.45) is 0 Å². The van der Waals surface area contributed by atoms with Crippen molar-refractivity contribution in [1.82, 2.24) is 0 Å². The quantitative estimate of drug-likeness (QED) is 0.239. The van der Waals surface area contributed by atoms with Crippen molar-refractivity contribution >= 4 is 36.4 Å². The molecule has 0 N–H and O–H groups in total. The monoisotopic (exact) mass is 442 g/mol. The van der Waals surface area contributed by atoms with Crippen LogP contribution in [0.2, 0.25) is 0 Å². The summed E-state index contributed by atoms with van der Waals surface area (Å²) in [6, 6.07) is 7.43. The maximum atomic E-state index is 11.3. The molecule has 0 aromatic heterocycles. The van der Waals surface area contributed by atoms with E-state index in [1.165, 1.54) is 9.21 Å². The molecule has 0 amide bonds. The molecule has 0 unspecified atom stereocenters. The van der Waals surface area contributed by atoms with Crippen molar-refractivity contribution in [1.29, 1.82) is 0 Å². The van der Waals surface area contributed by atoms with Crippen molar-refractivity contribution < 1.29 is 18.5 Å². The molecule has 22 heavy (non-hydrogen) atoms. The highest BCUT2D eigenvalue weighted by atomic mass is 127. The summed E-state index contributed by atoms with van der Waals surface area (Å²) in [6.45, 7) is 11.2. The van der Waals surface area contributed by atoms with Crippen LogP contribution in [-0.4, -0.2) is 25.8 Å². The van der Waals surface area contributed by atoms with E-state index in [0.29, 0.717) is 19.8 Å². The van der Waals surface area contributed by atoms with E-state index in [1.54, 1.807) is 6.92 Å². The molecule has 1 rings (SSSR count). The normalized spacial score (nSPS) is 8.82. The highest BCUT2D eigenvalue weighted by molar-refractivity contribution is 14.2. The maximum absolute atomic E-state index is 11.3. The number of benzene rings is 1. The van der Waals surface area contributed by atoms with E-state index in [4.69, 9.17) is 13.7 Å². The van der Waals surface area contributed by atoms with Gasteiger partial charge in [-0.3, -0.25) is 4.79 Å². The fourth-order valence-corrected chi connectivity index (χ4v) is 2.02. The summed E-state index contributed by atoms with van der Waals surface area (Å²) in [4.78, 5) is 11.3. The van der Waals surface area contributed by atoms with Crippen LogP contribution >= 0.6 is 30.4 Å². The highest BCUT2D eigenvalue weighted by Crippen LogP contribution is 2.15. The third kappa shape index (κ3) is 13.2. The Morgan fingerprint density at radius 1 is 1.18 bits per heavy atom. The first-order valence-electron chi connectivity index (χ1n) is 7.53. The Bertz CT molecular complexity index is 375. The van der Waals surface area contributed by atoms with Crippen molar-refractivity contribution in [2.75, 3.05) is 19.8 Å². The van der Waals surface area contributed by atoms with Gasteiger partial charge in [0.2, 0.25) is 0 Å². The molecule has 1 aromatic carbocycles. The molecule has 0 spiro atoms. The molecular weight excluding hydrogens is 415 g/mol. The lowest BCUT2D eigenvalue weighted by Gasteiger charge is -2.07. The molecule has 0 aliphatic carbocycles. The van der Waals surface area contributed by atoms with E-state index in [2.05, 4.69) is 21.2 Å². The van der Waals surface area contributed by atoms with Crippen LogP contribution in [0.15, 0.2) is 24.3 Å². The van der Waals surface area contributed by atoms with Crippen LogP contribution in [-0.2, 0) is 20.1 Å². The Hall–Kier alpha value is -0.470. The van der Waals surface area contributed by atoms with Gasteiger partial charge in [0.25, 0.3) is 0 Å². The molecule has 0 saturated carbocycles. The SMILES string of the molecule is CC.CC.CCOC(=O)Cc1cccc(OCCOSI)c1. The Morgan fingerprint density at radius 2 is 1.86 bits per heavy atom. The molecule has 0 radical (unpaired) electrons. The average Bonchev–Trinajstić information content (AvgIpc) is 2.56. The van der Waals surface area contributed by atoms with Crippen LogP contribution in [0.5, 0.6) is 5.75 Å². The van der Waals surface area contributed by atoms with Crippen molar-refractivity contribution in [2.45, 2.75) is 41.0 Å². The number of carbonyl (C=O) groups is 1. The van der Waals surface area contributed by atoms with E-state index in [-0.39, 0.29) is 12.4 Å². The van der Waals surface area contributed by atoms with Crippen LogP contribution in [0.1, 0.15) is 40.2 Å². The van der Waals surface area contributed by atoms with Gasteiger partial charge < -0.3 is 13.7 Å². The number of ether oxygens (including phenoxy) is 2. The van der Waals surface area contributed by atoms with Gasteiger partial charge >= 0.3 is 5.97 Å². The van der Waals surface area contributed by atoms with Gasteiger partial charge in [-0.2, -0.15) is 0 Å². The van der Waals surface area contributed by atoms with Crippen molar-refractivity contribution in [3.05, 3.63) is 29.8 Å². The van der Waals surface area contributed by atoms with Gasteiger partial charge in [0, 0.05) is 21.2 Å². The van der Waals surface area contributed by atoms with Crippen LogP contribution in [0, 0.1) is 0 Å². The summed E-state index contributed by atoms with van der Waals surface area (Å²) >= 11 is 2.06. The van der Waals surface area contributed by atoms with Crippen LogP contribution in [0.25, 0.3) is 0 Å². The number of esters is 1. The molecule has 128 valence electrons. The molecule has 0 aliphatic heterocycles. The van der Waals surface area contributed by atoms with Crippen LogP contribution < -0.4 is 4.74 Å². The van der Waals surface area contributed by atoms with E-state index in [9.17, 15) is 4.79 Å². The third-order valence-corrected chi connectivity index (χ3v) is 3.05. The fraction of sp³-hybridized carbons (Fsp3) is 0.562. The lowest BCUT2D eigenvalue weighted by atomic mass is 10.1. The molecule has 4 nitrogen and oxygen atoms in total. The van der Waals surface area contributed by atoms with Gasteiger partial charge in [0.15, 0.2) is 0 Å². The van der Waals surface area contributed by atoms with Crippen molar-refractivity contribution in [3.63, 3.8) is 0 Å². The molecule has 6 heteroatoms. The second kappa shape index (κ2) is 18.6. The van der Waals surface area contributed by atoms with E-state index in [0.717, 1.165) is 11.3 Å². The van der Waals surface area contributed by atoms with Gasteiger partial charge in [-0.1, -0.05) is 39.8 Å². The average molecular weight is 442 g/mol. The van der Waals surface area contributed by atoms with Gasteiger partial charge in [-0.25, -0.2) is 0 Å². The predicted molar refractivity (Wildman–Crippen MR) is 103 cm³/mol. The minimum absolute atomic E-state index is 0.223. The molecule has 1 aromatic rings. The van der Waals surface area contributed by atoms with Crippen molar-refractivity contribution in [3.8, 4) is 5.75 Å². The topological polar surface area (TPSA) is 44.8 Å². The number of halogens is 1. The molecular formula is C16H27IO4S. The highest BCUT2D eigenvalue weighted by Gasteiger charge is 2.04. The number of hydrogen-bond donors (Lipinski definition) is 0. The van der Waals surface area contributed by atoms with Crippen LogP contribution in [0.3, 0.4) is 0 Å². The lowest BCUT2D eigenvalue weighted by molar-refractivity contribution is -0.142. The predicted octanol–water partition coefficient (Wildman–Crippen LogP) is 5.24. The first kappa shape index (κ1) is 23.8. The minimum atomic E-state index is -0.223. The standard InChI is InChI=1S/C12H15IO4S.2C2H6/c1-2-15-12(14)9-10-4-3-5-11(8-10)16-6-7-17-18-13;2*1-2/h3-5,8H,2,6-7,9H2,1H3;2*1-2H3. The van der Waals surface area contributed by atoms with Gasteiger partial charge in [-0.05, 0) is 24.6 Å². The molecule has 0 fully saturated rings. The zero-order valence-electron chi connectivity index (χ0n) is 14.1. The molecule has 0 bridgehead atoms. The first-order chi connectivity index (χ1) is 10.8. The smallest absolute Gasteiger partial charge is 0.310 e.